The Hall–Kier alpha value is -1.43. The summed E-state index contributed by atoms with van der Waals surface area (Å²) in [6, 6.07) is -1.12. The Bertz CT molecular complexity index is 246. The van der Waals surface area contributed by atoms with Crippen LogP contribution < -0.4 is 0 Å². The maximum atomic E-state index is 11.1. The largest absolute Gasteiger partial charge is 0.480 e. The minimum absolute atomic E-state index is 0.233. The summed E-state index contributed by atoms with van der Waals surface area (Å²) in [6.45, 7) is 0.816. The van der Waals surface area contributed by atoms with Crippen LogP contribution in [0.2, 0.25) is 0 Å². The number of carboxylic acids is 1. The van der Waals surface area contributed by atoms with E-state index in [-0.39, 0.29) is 13.2 Å². The third kappa shape index (κ3) is 1.83. The van der Waals surface area contributed by atoms with Crippen molar-refractivity contribution in [3.63, 3.8) is 0 Å². The topological polar surface area (TPSA) is 83.9 Å². The molecule has 1 aliphatic heterocycles. The molecule has 72 valence electrons. The smallest absolute Gasteiger partial charge is 0.326 e. The molecular formula is C7H9NO5. The number of carbonyl (C=O) groups is 3. The van der Waals surface area contributed by atoms with Gasteiger partial charge in [-0.15, -0.1) is 0 Å². The van der Waals surface area contributed by atoms with Crippen LogP contribution in [-0.4, -0.2) is 47.0 Å². The Labute approximate surface area is 74.1 Å². The molecule has 0 aromatic carbocycles. The van der Waals surface area contributed by atoms with E-state index in [9.17, 15) is 14.4 Å². The third-order valence-corrected chi connectivity index (χ3v) is 1.73. The highest BCUT2D eigenvalue weighted by atomic mass is 16.5. The second-order valence-corrected chi connectivity index (χ2v) is 2.66. The van der Waals surface area contributed by atoms with Crippen molar-refractivity contribution < 1.29 is 24.2 Å². The predicted octanol–water partition coefficient (Wildman–Crippen LogP) is -1.16. The van der Waals surface area contributed by atoms with E-state index >= 15 is 0 Å². The normalized spacial score (nSPS) is 20.2. The number of aliphatic carboxylic acids is 1. The van der Waals surface area contributed by atoms with Crippen molar-refractivity contribution in [1.82, 2.24) is 4.90 Å². The molecule has 13 heavy (non-hydrogen) atoms. The van der Waals surface area contributed by atoms with Crippen LogP contribution in [0, 0.1) is 0 Å². The van der Waals surface area contributed by atoms with E-state index in [1.54, 1.807) is 0 Å². The lowest BCUT2D eigenvalue weighted by Gasteiger charge is -2.27. The van der Waals surface area contributed by atoms with Crippen molar-refractivity contribution >= 4 is 17.8 Å². The van der Waals surface area contributed by atoms with Gasteiger partial charge in [0.2, 0.25) is 0 Å². The summed E-state index contributed by atoms with van der Waals surface area (Å²) < 4.78 is 4.62. The average molecular weight is 187 g/mol. The second kappa shape index (κ2) is 3.53. The zero-order valence-electron chi connectivity index (χ0n) is 7.02. The number of nitrogens with zero attached hydrogens (tertiary/aromatic N) is 1. The van der Waals surface area contributed by atoms with Gasteiger partial charge >= 0.3 is 5.97 Å². The van der Waals surface area contributed by atoms with Crippen LogP contribution in [0.25, 0.3) is 0 Å². The number of rotatable bonds is 2. The van der Waals surface area contributed by atoms with Gasteiger partial charge in [-0.25, -0.2) is 4.79 Å². The Morgan fingerprint density at radius 2 is 1.92 bits per heavy atom. The van der Waals surface area contributed by atoms with Crippen LogP contribution >= 0.6 is 0 Å². The molecule has 0 bridgehead atoms. The Morgan fingerprint density at radius 1 is 1.46 bits per heavy atom. The summed E-state index contributed by atoms with van der Waals surface area (Å²) in [5.74, 6) is -2.42. The number of ether oxygens (including phenoxy) is 1. The molecule has 0 spiro atoms. The number of amides is 2. The fourth-order valence-electron chi connectivity index (χ4n) is 1.05. The molecular weight excluding hydrogens is 178 g/mol. The van der Waals surface area contributed by atoms with Crippen LogP contribution in [-0.2, 0) is 19.1 Å². The second-order valence-electron chi connectivity index (χ2n) is 2.66. The van der Waals surface area contributed by atoms with Gasteiger partial charge in [0.05, 0.1) is 0 Å². The standard InChI is InChI=1S/C7H9NO5/c1-4(7(11)12)8-5(9)2-13-3-6(8)10/h4H,2-3H2,1H3,(H,11,12). The SMILES string of the molecule is CC(C(=O)O)N1C(=O)COCC1=O. The van der Waals surface area contributed by atoms with Crippen molar-refractivity contribution in [2.24, 2.45) is 0 Å². The number of carbonyl (C=O) groups excluding carboxylic acids is 2. The average Bonchev–Trinajstić information content (AvgIpc) is 2.03. The van der Waals surface area contributed by atoms with Crippen LogP contribution in [0.3, 0.4) is 0 Å². The molecule has 1 saturated heterocycles. The first kappa shape index (κ1) is 9.66. The first-order valence-electron chi connectivity index (χ1n) is 3.69. The monoisotopic (exact) mass is 187 g/mol. The predicted molar refractivity (Wildman–Crippen MR) is 39.8 cm³/mol. The molecule has 1 fully saturated rings. The van der Waals surface area contributed by atoms with Gasteiger partial charge in [0.25, 0.3) is 11.8 Å². The van der Waals surface area contributed by atoms with E-state index in [4.69, 9.17) is 5.11 Å². The minimum atomic E-state index is -1.20. The summed E-state index contributed by atoms with van der Waals surface area (Å²) in [7, 11) is 0. The lowest BCUT2D eigenvalue weighted by Crippen LogP contribution is -2.53. The molecule has 0 saturated carbocycles. The molecule has 6 nitrogen and oxygen atoms in total. The van der Waals surface area contributed by atoms with Gasteiger partial charge in [-0.3, -0.25) is 14.5 Å². The number of hydrogen-bond donors (Lipinski definition) is 1. The third-order valence-electron chi connectivity index (χ3n) is 1.73. The van der Waals surface area contributed by atoms with E-state index in [0.717, 1.165) is 0 Å². The highest BCUT2D eigenvalue weighted by Crippen LogP contribution is 2.06. The quantitative estimate of drug-likeness (QED) is 0.551. The van der Waals surface area contributed by atoms with Gasteiger partial charge < -0.3 is 9.84 Å². The summed E-state index contributed by atoms with van der Waals surface area (Å²) in [5, 5.41) is 8.58. The molecule has 1 N–H and O–H groups in total. The molecule has 2 amide bonds. The lowest BCUT2D eigenvalue weighted by molar-refractivity contribution is -0.167. The van der Waals surface area contributed by atoms with Crippen LogP contribution in [0.5, 0.6) is 0 Å². The van der Waals surface area contributed by atoms with Crippen molar-refractivity contribution in [3.8, 4) is 0 Å². The first-order valence-corrected chi connectivity index (χ1v) is 3.69. The van der Waals surface area contributed by atoms with E-state index in [0.29, 0.717) is 4.90 Å². The molecule has 1 aliphatic rings. The maximum Gasteiger partial charge on any atom is 0.326 e. The van der Waals surface area contributed by atoms with E-state index in [2.05, 4.69) is 4.74 Å². The molecule has 0 aliphatic carbocycles. The maximum absolute atomic E-state index is 11.1. The molecule has 1 rings (SSSR count). The van der Waals surface area contributed by atoms with Crippen molar-refractivity contribution in [2.75, 3.05) is 13.2 Å². The first-order chi connectivity index (χ1) is 6.04. The highest BCUT2D eigenvalue weighted by molar-refractivity contribution is 6.01. The Balaban J connectivity index is 2.80. The molecule has 6 heteroatoms. The van der Waals surface area contributed by atoms with Gasteiger partial charge in [-0.2, -0.15) is 0 Å². The number of morpholine rings is 1. The van der Waals surface area contributed by atoms with Gasteiger partial charge in [0.15, 0.2) is 0 Å². The Kier molecular flexibility index (Phi) is 2.62. The molecule has 0 aromatic heterocycles. The van der Waals surface area contributed by atoms with Crippen LogP contribution in [0.4, 0.5) is 0 Å². The zero-order valence-corrected chi connectivity index (χ0v) is 7.02. The van der Waals surface area contributed by atoms with Crippen LogP contribution in [0.15, 0.2) is 0 Å². The summed E-state index contributed by atoms with van der Waals surface area (Å²) in [6.07, 6.45) is 0. The molecule has 0 radical (unpaired) electrons. The fourth-order valence-corrected chi connectivity index (χ4v) is 1.05. The fraction of sp³-hybridized carbons (Fsp3) is 0.571. The molecule has 1 atom stereocenters. The molecule has 0 aromatic rings. The van der Waals surface area contributed by atoms with Gasteiger partial charge in [-0.1, -0.05) is 0 Å². The van der Waals surface area contributed by atoms with E-state index in [1.807, 2.05) is 0 Å². The summed E-state index contributed by atoms with van der Waals surface area (Å²) in [4.78, 5) is 33.4. The number of imide groups is 1. The van der Waals surface area contributed by atoms with Gasteiger partial charge in [-0.05, 0) is 6.92 Å². The number of carboxylic acid groups (broad SMARTS) is 1. The van der Waals surface area contributed by atoms with Crippen molar-refractivity contribution in [3.05, 3.63) is 0 Å². The van der Waals surface area contributed by atoms with Gasteiger partial charge in [0.1, 0.15) is 19.3 Å². The summed E-state index contributed by atoms with van der Waals surface area (Å²) in [5.41, 5.74) is 0. The zero-order chi connectivity index (χ0) is 10.0. The lowest BCUT2D eigenvalue weighted by atomic mass is 10.2. The summed E-state index contributed by atoms with van der Waals surface area (Å²) >= 11 is 0. The van der Waals surface area contributed by atoms with Crippen LogP contribution in [0.1, 0.15) is 6.92 Å². The minimum Gasteiger partial charge on any atom is -0.480 e. The molecule has 1 unspecified atom stereocenters. The molecule has 1 heterocycles. The van der Waals surface area contributed by atoms with Gasteiger partial charge in [0, 0.05) is 0 Å². The van der Waals surface area contributed by atoms with Crippen molar-refractivity contribution in [2.45, 2.75) is 13.0 Å². The van der Waals surface area contributed by atoms with E-state index < -0.39 is 23.8 Å². The highest BCUT2D eigenvalue weighted by Gasteiger charge is 2.34. The van der Waals surface area contributed by atoms with Crippen molar-refractivity contribution in [1.29, 1.82) is 0 Å². The van der Waals surface area contributed by atoms with E-state index in [1.165, 1.54) is 6.92 Å². The Morgan fingerprint density at radius 3 is 2.31 bits per heavy atom. The number of hydrogen-bond acceptors (Lipinski definition) is 4.